The van der Waals surface area contributed by atoms with Gasteiger partial charge >= 0.3 is 0 Å². The Balaban J connectivity index is 2.11. The minimum atomic E-state index is -0.130. The highest BCUT2D eigenvalue weighted by molar-refractivity contribution is 7.27. The topological polar surface area (TPSA) is 65.1 Å². The first kappa shape index (κ1) is 14.5. The number of hydrogen-bond donors (Lipinski definition) is 2. The van der Waals surface area contributed by atoms with E-state index < -0.39 is 0 Å². The van der Waals surface area contributed by atoms with Gasteiger partial charge in [-0.25, -0.2) is 5.43 Å². The standard InChI is InChI=1S/C14H18N4OS2/c1-8(2)18-14(9(19-3)7-16-18)13(17-15)12-6-11-10(21-12)4-5-20-11/h4-8,13,17H,15H2,1-3H3. The van der Waals surface area contributed by atoms with E-state index >= 15 is 0 Å². The van der Waals surface area contributed by atoms with Crippen molar-refractivity contribution >= 4 is 32.1 Å². The molecule has 3 aromatic rings. The summed E-state index contributed by atoms with van der Waals surface area (Å²) in [4.78, 5) is 1.17. The predicted molar refractivity (Wildman–Crippen MR) is 88.0 cm³/mol. The van der Waals surface area contributed by atoms with Gasteiger partial charge in [-0.2, -0.15) is 5.10 Å². The van der Waals surface area contributed by atoms with Crippen LogP contribution in [0.1, 0.15) is 36.5 Å². The molecule has 0 aromatic carbocycles. The third kappa shape index (κ3) is 2.46. The SMILES string of the molecule is COc1cnn(C(C)C)c1C(NN)c1cc2sccc2s1. The van der Waals surface area contributed by atoms with Gasteiger partial charge < -0.3 is 4.74 Å². The van der Waals surface area contributed by atoms with Gasteiger partial charge in [0.2, 0.25) is 0 Å². The fraction of sp³-hybridized carbons (Fsp3) is 0.357. The number of fused-ring (bicyclic) bond motifs is 1. The van der Waals surface area contributed by atoms with Gasteiger partial charge in [0.1, 0.15) is 11.7 Å². The second-order valence-corrected chi connectivity index (χ2v) is 7.10. The lowest BCUT2D eigenvalue weighted by molar-refractivity contribution is 0.395. The Morgan fingerprint density at radius 3 is 2.81 bits per heavy atom. The van der Waals surface area contributed by atoms with E-state index in [1.165, 1.54) is 14.3 Å². The van der Waals surface area contributed by atoms with Crippen molar-refractivity contribution in [3.05, 3.63) is 34.3 Å². The molecule has 3 N–H and O–H groups in total. The Morgan fingerprint density at radius 1 is 1.38 bits per heavy atom. The molecule has 0 amide bonds. The van der Waals surface area contributed by atoms with Crippen molar-refractivity contribution in [2.24, 2.45) is 5.84 Å². The Labute approximate surface area is 131 Å². The normalized spacial score (nSPS) is 13.2. The molecule has 3 rings (SSSR count). The maximum atomic E-state index is 5.84. The van der Waals surface area contributed by atoms with Gasteiger partial charge in [0.15, 0.2) is 5.75 Å². The number of nitrogens with one attached hydrogen (secondary N) is 1. The lowest BCUT2D eigenvalue weighted by Gasteiger charge is -2.19. The average molecular weight is 322 g/mol. The molecule has 0 saturated heterocycles. The molecule has 1 atom stereocenters. The van der Waals surface area contributed by atoms with Crippen molar-refractivity contribution in [3.8, 4) is 5.75 Å². The van der Waals surface area contributed by atoms with Crippen molar-refractivity contribution in [2.45, 2.75) is 25.9 Å². The second kappa shape index (κ2) is 5.76. The van der Waals surface area contributed by atoms with Crippen LogP contribution < -0.4 is 16.0 Å². The molecule has 0 aliphatic carbocycles. The molecule has 0 radical (unpaired) electrons. The van der Waals surface area contributed by atoms with E-state index in [0.29, 0.717) is 0 Å². The highest BCUT2D eigenvalue weighted by atomic mass is 32.1. The summed E-state index contributed by atoms with van der Waals surface area (Å²) in [6.07, 6.45) is 1.75. The number of hydrazine groups is 1. The fourth-order valence-corrected chi connectivity index (χ4v) is 4.61. The Morgan fingerprint density at radius 2 is 2.19 bits per heavy atom. The van der Waals surface area contributed by atoms with E-state index in [-0.39, 0.29) is 12.1 Å². The van der Waals surface area contributed by atoms with Crippen molar-refractivity contribution in [1.82, 2.24) is 15.2 Å². The predicted octanol–water partition coefficient (Wildman–Crippen LogP) is 3.30. The van der Waals surface area contributed by atoms with Crippen molar-refractivity contribution in [2.75, 3.05) is 7.11 Å². The zero-order chi connectivity index (χ0) is 15.0. The van der Waals surface area contributed by atoms with Crippen LogP contribution in [0.4, 0.5) is 0 Å². The maximum absolute atomic E-state index is 5.84. The smallest absolute Gasteiger partial charge is 0.162 e. The number of nitrogens with zero attached hydrogens (tertiary/aromatic N) is 2. The summed E-state index contributed by atoms with van der Waals surface area (Å²) < 4.78 is 9.98. The molecule has 0 saturated carbocycles. The third-order valence-electron chi connectivity index (χ3n) is 3.39. The monoisotopic (exact) mass is 322 g/mol. The van der Waals surface area contributed by atoms with Crippen LogP contribution in [0, 0.1) is 0 Å². The highest BCUT2D eigenvalue weighted by Gasteiger charge is 2.25. The largest absolute Gasteiger partial charge is 0.493 e. The first-order valence-electron chi connectivity index (χ1n) is 6.70. The number of hydrogen-bond acceptors (Lipinski definition) is 6. The van der Waals surface area contributed by atoms with E-state index in [0.717, 1.165) is 11.4 Å². The van der Waals surface area contributed by atoms with Crippen molar-refractivity contribution < 1.29 is 4.74 Å². The number of methoxy groups -OCH3 is 1. The molecule has 1 unspecified atom stereocenters. The van der Waals surface area contributed by atoms with Gasteiger partial charge in [-0.1, -0.05) is 0 Å². The number of ether oxygens (including phenoxy) is 1. The summed E-state index contributed by atoms with van der Waals surface area (Å²) in [5.74, 6) is 6.60. The van der Waals surface area contributed by atoms with Crippen LogP contribution in [0.3, 0.4) is 0 Å². The number of aromatic nitrogens is 2. The molecule has 3 aromatic heterocycles. The van der Waals surface area contributed by atoms with E-state index in [4.69, 9.17) is 10.6 Å². The minimum Gasteiger partial charge on any atom is -0.493 e. The lowest BCUT2D eigenvalue weighted by Crippen LogP contribution is -2.30. The summed E-state index contributed by atoms with van der Waals surface area (Å²) in [6.45, 7) is 4.19. The van der Waals surface area contributed by atoms with E-state index in [9.17, 15) is 0 Å². The van der Waals surface area contributed by atoms with Crippen molar-refractivity contribution in [1.29, 1.82) is 0 Å². The van der Waals surface area contributed by atoms with Gasteiger partial charge in [-0.15, -0.1) is 22.7 Å². The summed E-state index contributed by atoms with van der Waals surface area (Å²) in [6, 6.07) is 4.43. The van der Waals surface area contributed by atoms with Crippen LogP contribution in [-0.2, 0) is 0 Å². The molecule has 112 valence electrons. The summed E-state index contributed by atoms with van der Waals surface area (Å²) in [5, 5.41) is 6.53. The second-order valence-electron chi connectivity index (χ2n) is 5.03. The molecule has 5 nitrogen and oxygen atoms in total. The quantitative estimate of drug-likeness (QED) is 0.559. The molecule has 0 fully saturated rings. The molecule has 3 heterocycles. The van der Waals surface area contributed by atoms with Gasteiger partial charge in [-0.05, 0) is 31.4 Å². The zero-order valence-electron chi connectivity index (χ0n) is 12.2. The van der Waals surface area contributed by atoms with E-state index in [1.807, 2.05) is 4.68 Å². The Hall–Kier alpha value is -1.41. The summed E-state index contributed by atoms with van der Waals surface area (Å²) in [5.41, 5.74) is 3.88. The van der Waals surface area contributed by atoms with Crippen LogP contribution in [0.25, 0.3) is 9.40 Å². The van der Waals surface area contributed by atoms with E-state index in [2.05, 4.69) is 41.9 Å². The molecule has 0 spiro atoms. The molecule has 21 heavy (non-hydrogen) atoms. The maximum Gasteiger partial charge on any atom is 0.162 e. The van der Waals surface area contributed by atoms with Crippen LogP contribution in [0.15, 0.2) is 23.7 Å². The van der Waals surface area contributed by atoms with Crippen LogP contribution in [0.2, 0.25) is 0 Å². The van der Waals surface area contributed by atoms with Gasteiger partial charge in [0.25, 0.3) is 0 Å². The van der Waals surface area contributed by atoms with Crippen LogP contribution >= 0.6 is 22.7 Å². The molecule has 7 heteroatoms. The van der Waals surface area contributed by atoms with E-state index in [1.54, 1.807) is 36.0 Å². The van der Waals surface area contributed by atoms with Gasteiger partial charge in [-0.3, -0.25) is 10.5 Å². The fourth-order valence-electron chi connectivity index (χ4n) is 2.42. The minimum absolute atomic E-state index is 0.130. The molecular weight excluding hydrogens is 304 g/mol. The Kier molecular flexibility index (Phi) is 3.99. The summed E-state index contributed by atoms with van der Waals surface area (Å²) >= 11 is 3.49. The number of rotatable bonds is 5. The van der Waals surface area contributed by atoms with Gasteiger partial charge in [0, 0.05) is 20.3 Å². The third-order valence-corrected chi connectivity index (χ3v) is 5.55. The zero-order valence-corrected chi connectivity index (χ0v) is 13.8. The summed E-state index contributed by atoms with van der Waals surface area (Å²) in [7, 11) is 1.66. The van der Waals surface area contributed by atoms with Crippen molar-refractivity contribution in [3.63, 3.8) is 0 Å². The lowest BCUT2D eigenvalue weighted by atomic mass is 10.1. The molecule has 0 bridgehead atoms. The average Bonchev–Trinajstić information content (AvgIpc) is 3.12. The first-order chi connectivity index (χ1) is 10.2. The first-order valence-corrected chi connectivity index (χ1v) is 8.39. The van der Waals surface area contributed by atoms with Gasteiger partial charge in [0.05, 0.1) is 13.3 Å². The Bertz CT molecular complexity index is 715. The van der Waals surface area contributed by atoms with Crippen LogP contribution in [-0.4, -0.2) is 16.9 Å². The molecule has 0 aliphatic rings. The number of nitrogens with two attached hydrogens (primary N) is 1. The molecular formula is C14H18N4OS2. The molecule has 0 aliphatic heterocycles. The number of thiophene rings is 2. The highest BCUT2D eigenvalue weighted by Crippen LogP contribution is 2.38. The van der Waals surface area contributed by atoms with Crippen LogP contribution in [0.5, 0.6) is 5.75 Å².